The van der Waals surface area contributed by atoms with Crippen LogP contribution in [0.2, 0.25) is 0 Å². The van der Waals surface area contributed by atoms with E-state index in [1.165, 1.54) is 17.0 Å². The Labute approximate surface area is 161 Å². The number of primary amides is 1. The minimum Gasteiger partial charge on any atom is -0.370 e. The number of halogens is 2. The fourth-order valence-electron chi connectivity index (χ4n) is 2.72. The van der Waals surface area contributed by atoms with Crippen molar-refractivity contribution in [2.24, 2.45) is 11.7 Å². The molecular weight excluding hydrogens is 374 g/mol. The van der Waals surface area contributed by atoms with E-state index in [0.717, 1.165) is 6.07 Å². The Hall–Kier alpha value is -2.59. The lowest BCUT2D eigenvalue weighted by atomic mass is 10.1. The number of rotatable bonds is 8. The van der Waals surface area contributed by atoms with Crippen LogP contribution in [-0.4, -0.2) is 50.1 Å². The zero-order valence-electron chi connectivity index (χ0n) is 15.7. The van der Waals surface area contributed by atoms with Gasteiger partial charge in [-0.25, -0.2) is 8.78 Å². The molecule has 1 aliphatic rings. The minimum atomic E-state index is -2.87. The predicted octanol–water partition coefficient (Wildman–Crippen LogP) is 1.03. The third-order valence-corrected chi connectivity index (χ3v) is 4.08. The summed E-state index contributed by atoms with van der Waals surface area (Å²) in [6, 6.07) is 2.52. The van der Waals surface area contributed by atoms with Crippen LogP contribution in [0.4, 0.5) is 20.2 Å². The Balaban J connectivity index is 2.21. The van der Waals surface area contributed by atoms with E-state index in [1.807, 2.05) is 13.8 Å². The Kier molecular flexibility index (Phi) is 7.41. The number of amides is 3. The number of nitrogens with two attached hydrogens (primary N) is 1. The SMILES string of the molecule is CC(C)CN[C@@H](C(N)=O)C(=O)Nc1ccc(N2CCOCC2=O)c(C(F)F)c1. The number of alkyl halides is 2. The summed E-state index contributed by atoms with van der Waals surface area (Å²) in [4.78, 5) is 37.1. The fourth-order valence-corrected chi connectivity index (χ4v) is 2.72. The van der Waals surface area contributed by atoms with Gasteiger partial charge in [0.2, 0.25) is 5.91 Å². The molecule has 1 aliphatic heterocycles. The second-order valence-electron chi connectivity index (χ2n) is 6.80. The summed E-state index contributed by atoms with van der Waals surface area (Å²) < 4.78 is 32.1. The number of hydrogen-bond donors (Lipinski definition) is 3. The highest BCUT2D eigenvalue weighted by molar-refractivity contribution is 6.09. The molecule has 0 saturated carbocycles. The Morgan fingerprint density at radius 1 is 1.32 bits per heavy atom. The highest BCUT2D eigenvalue weighted by Crippen LogP contribution is 2.33. The van der Waals surface area contributed by atoms with E-state index in [4.69, 9.17) is 10.5 Å². The van der Waals surface area contributed by atoms with Gasteiger partial charge in [0, 0.05) is 17.8 Å². The molecule has 0 aromatic heterocycles. The van der Waals surface area contributed by atoms with Gasteiger partial charge in [0.1, 0.15) is 6.61 Å². The smallest absolute Gasteiger partial charge is 0.265 e. The Morgan fingerprint density at radius 2 is 2.04 bits per heavy atom. The molecule has 10 heteroatoms. The molecule has 1 aromatic carbocycles. The van der Waals surface area contributed by atoms with Crippen LogP contribution in [0.25, 0.3) is 0 Å². The molecule has 1 atom stereocenters. The van der Waals surface area contributed by atoms with Gasteiger partial charge < -0.3 is 20.7 Å². The molecule has 1 fully saturated rings. The number of anilines is 2. The van der Waals surface area contributed by atoms with Gasteiger partial charge in [-0.2, -0.15) is 0 Å². The van der Waals surface area contributed by atoms with Crippen LogP contribution in [0.1, 0.15) is 25.8 Å². The summed E-state index contributed by atoms with van der Waals surface area (Å²) in [6.45, 7) is 4.39. The molecule has 0 radical (unpaired) electrons. The van der Waals surface area contributed by atoms with Gasteiger partial charge in [0.05, 0.1) is 12.3 Å². The molecular formula is C18H24F2N4O4. The van der Waals surface area contributed by atoms with Crippen LogP contribution >= 0.6 is 0 Å². The van der Waals surface area contributed by atoms with Crippen LogP contribution in [0.15, 0.2) is 18.2 Å². The van der Waals surface area contributed by atoms with Crippen molar-refractivity contribution in [1.29, 1.82) is 0 Å². The third-order valence-electron chi connectivity index (χ3n) is 4.08. The van der Waals surface area contributed by atoms with Gasteiger partial charge >= 0.3 is 0 Å². The first-order valence-electron chi connectivity index (χ1n) is 8.84. The van der Waals surface area contributed by atoms with Crippen molar-refractivity contribution in [3.63, 3.8) is 0 Å². The van der Waals surface area contributed by atoms with Gasteiger partial charge in [-0.3, -0.25) is 19.7 Å². The zero-order chi connectivity index (χ0) is 20.8. The van der Waals surface area contributed by atoms with Crippen LogP contribution in [-0.2, 0) is 19.1 Å². The first-order chi connectivity index (χ1) is 13.2. The van der Waals surface area contributed by atoms with Crippen LogP contribution in [0, 0.1) is 5.92 Å². The van der Waals surface area contributed by atoms with Gasteiger partial charge in [0.25, 0.3) is 18.2 Å². The highest BCUT2D eigenvalue weighted by atomic mass is 19.3. The van der Waals surface area contributed by atoms with E-state index < -0.39 is 35.8 Å². The highest BCUT2D eigenvalue weighted by Gasteiger charge is 2.27. The second kappa shape index (κ2) is 9.56. The summed E-state index contributed by atoms with van der Waals surface area (Å²) >= 11 is 0. The summed E-state index contributed by atoms with van der Waals surface area (Å²) in [5, 5.41) is 5.16. The van der Waals surface area contributed by atoms with E-state index in [-0.39, 0.29) is 37.1 Å². The third kappa shape index (κ3) is 5.46. The van der Waals surface area contributed by atoms with E-state index in [2.05, 4.69) is 10.6 Å². The van der Waals surface area contributed by atoms with Crippen molar-refractivity contribution < 1.29 is 27.9 Å². The molecule has 28 heavy (non-hydrogen) atoms. The van der Waals surface area contributed by atoms with Crippen molar-refractivity contribution in [2.75, 3.05) is 36.5 Å². The van der Waals surface area contributed by atoms with Crippen molar-refractivity contribution in [3.05, 3.63) is 23.8 Å². The number of benzene rings is 1. The summed E-state index contributed by atoms with van der Waals surface area (Å²) in [6.07, 6.45) is -2.87. The first-order valence-corrected chi connectivity index (χ1v) is 8.84. The number of carbonyl (C=O) groups excluding carboxylic acids is 3. The van der Waals surface area contributed by atoms with E-state index in [1.54, 1.807) is 0 Å². The topological polar surface area (TPSA) is 114 Å². The summed E-state index contributed by atoms with van der Waals surface area (Å²) in [5.74, 6) is -1.87. The standard InChI is InChI=1S/C18H24F2N4O4/c1-10(2)8-22-15(17(21)26)18(27)23-11-3-4-13(12(7-11)16(19)20)24-5-6-28-9-14(24)25/h3-4,7,10,15-16,22H,5-6,8-9H2,1-2H3,(H2,21,26)(H,23,27)/t15-/m0/s1. The maximum atomic E-state index is 13.6. The van der Waals surface area contributed by atoms with E-state index in [0.29, 0.717) is 6.54 Å². The molecule has 0 unspecified atom stereocenters. The average molecular weight is 398 g/mol. The van der Waals surface area contributed by atoms with Gasteiger partial charge in [-0.1, -0.05) is 13.8 Å². The number of nitrogens with zero attached hydrogens (tertiary/aromatic N) is 1. The largest absolute Gasteiger partial charge is 0.370 e. The first kappa shape index (κ1) is 21.7. The molecule has 154 valence electrons. The van der Waals surface area contributed by atoms with E-state index >= 15 is 0 Å². The molecule has 1 saturated heterocycles. The van der Waals surface area contributed by atoms with Crippen molar-refractivity contribution in [3.8, 4) is 0 Å². The summed E-state index contributed by atoms with van der Waals surface area (Å²) in [7, 11) is 0. The molecule has 2 rings (SSSR count). The predicted molar refractivity (Wildman–Crippen MR) is 99.0 cm³/mol. The molecule has 1 aromatic rings. The van der Waals surface area contributed by atoms with Crippen molar-refractivity contribution >= 4 is 29.1 Å². The maximum absolute atomic E-state index is 13.6. The lowest BCUT2D eigenvalue weighted by Crippen LogP contribution is -2.50. The van der Waals surface area contributed by atoms with Gasteiger partial charge in [0.15, 0.2) is 6.04 Å². The van der Waals surface area contributed by atoms with Crippen LogP contribution in [0.5, 0.6) is 0 Å². The normalized spacial score (nSPS) is 15.8. The molecule has 0 aliphatic carbocycles. The molecule has 0 bridgehead atoms. The Morgan fingerprint density at radius 3 is 2.61 bits per heavy atom. The van der Waals surface area contributed by atoms with Crippen LogP contribution in [0.3, 0.4) is 0 Å². The molecule has 4 N–H and O–H groups in total. The monoisotopic (exact) mass is 398 g/mol. The number of hydrogen-bond acceptors (Lipinski definition) is 5. The number of morpholine rings is 1. The molecule has 3 amide bonds. The molecule has 0 spiro atoms. The number of carbonyl (C=O) groups is 3. The molecule has 1 heterocycles. The molecule has 8 nitrogen and oxygen atoms in total. The zero-order valence-corrected chi connectivity index (χ0v) is 15.7. The van der Waals surface area contributed by atoms with Gasteiger partial charge in [-0.15, -0.1) is 0 Å². The quantitative estimate of drug-likeness (QED) is 0.566. The fraction of sp³-hybridized carbons (Fsp3) is 0.500. The van der Waals surface area contributed by atoms with Crippen molar-refractivity contribution in [1.82, 2.24) is 5.32 Å². The second-order valence-corrected chi connectivity index (χ2v) is 6.80. The van der Waals surface area contributed by atoms with Crippen molar-refractivity contribution in [2.45, 2.75) is 26.3 Å². The lowest BCUT2D eigenvalue weighted by Gasteiger charge is -2.29. The van der Waals surface area contributed by atoms with E-state index in [9.17, 15) is 23.2 Å². The minimum absolute atomic E-state index is 0.0608. The maximum Gasteiger partial charge on any atom is 0.265 e. The average Bonchev–Trinajstić information content (AvgIpc) is 2.61. The van der Waals surface area contributed by atoms with Crippen LogP contribution < -0.4 is 21.3 Å². The number of ether oxygens (including phenoxy) is 1. The number of nitrogens with one attached hydrogen (secondary N) is 2. The lowest BCUT2D eigenvalue weighted by molar-refractivity contribution is -0.128. The van der Waals surface area contributed by atoms with Gasteiger partial charge in [-0.05, 0) is 30.7 Å². The Bertz CT molecular complexity index is 742. The summed E-state index contributed by atoms with van der Waals surface area (Å²) in [5.41, 5.74) is 4.98.